The summed E-state index contributed by atoms with van der Waals surface area (Å²) >= 11 is 0. The van der Waals surface area contributed by atoms with E-state index in [1.807, 2.05) is 7.05 Å². The van der Waals surface area contributed by atoms with Crippen molar-refractivity contribution < 1.29 is 4.74 Å². The molecule has 7 heteroatoms. The van der Waals surface area contributed by atoms with Crippen LogP contribution in [0.25, 0.3) is 0 Å². The zero-order valence-corrected chi connectivity index (χ0v) is 21.8. The average molecular weight is 532 g/mol. The number of benzene rings is 1. The van der Waals surface area contributed by atoms with Gasteiger partial charge in [-0.3, -0.25) is 4.99 Å². The largest absolute Gasteiger partial charge is 0.492 e. The number of hydrogen-bond donors (Lipinski definition) is 2. The molecule has 1 fully saturated rings. The second-order valence-electron chi connectivity index (χ2n) is 7.99. The minimum atomic E-state index is 0. The summed E-state index contributed by atoms with van der Waals surface area (Å²) in [6.07, 6.45) is 2.33. The highest BCUT2D eigenvalue weighted by atomic mass is 127. The van der Waals surface area contributed by atoms with E-state index in [9.17, 15) is 0 Å². The highest BCUT2D eigenvalue weighted by Gasteiger charge is 2.21. The lowest BCUT2D eigenvalue weighted by molar-refractivity contribution is 0.167. The van der Waals surface area contributed by atoms with Gasteiger partial charge in [-0.25, -0.2) is 0 Å². The predicted octanol–water partition coefficient (Wildman–Crippen LogP) is 3.56. The van der Waals surface area contributed by atoms with Gasteiger partial charge in [0.2, 0.25) is 0 Å². The van der Waals surface area contributed by atoms with Crippen molar-refractivity contribution in [1.29, 1.82) is 0 Å². The van der Waals surface area contributed by atoms with Crippen LogP contribution in [0.2, 0.25) is 0 Å². The standard InChI is InChI=1S/C23H41N5O.HI/c1-6-27(7-2)16-17-29-22-10-8-20(9-11-22)18-25-23(24-5)26-21-12-14-28(15-13-21)19(3)4;/h8-11,19,21H,6-7,12-18H2,1-5H3,(H2,24,25,26);1H. The average Bonchev–Trinajstić information content (AvgIpc) is 2.75. The number of likely N-dealkylation sites (N-methyl/N-ethyl adjacent to an activating group) is 1. The molecule has 0 aromatic heterocycles. The van der Waals surface area contributed by atoms with E-state index in [0.717, 1.165) is 57.6 Å². The Morgan fingerprint density at radius 1 is 1.17 bits per heavy atom. The molecule has 2 N–H and O–H groups in total. The fourth-order valence-corrected chi connectivity index (χ4v) is 3.67. The van der Waals surface area contributed by atoms with Crippen LogP contribution in [0.3, 0.4) is 0 Å². The number of likely N-dealkylation sites (tertiary alicyclic amines) is 1. The number of halogens is 1. The molecule has 0 unspecified atom stereocenters. The number of nitrogens with one attached hydrogen (secondary N) is 2. The maximum absolute atomic E-state index is 5.87. The number of rotatable bonds is 10. The van der Waals surface area contributed by atoms with Crippen molar-refractivity contribution in [2.45, 2.75) is 59.2 Å². The van der Waals surface area contributed by atoms with Gasteiger partial charge in [0, 0.05) is 45.3 Å². The van der Waals surface area contributed by atoms with Gasteiger partial charge in [-0.15, -0.1) is 24.0 Å². The van der Waals surface area contributed by atoms with E-state index in [4.69, 9.17) is 4.74 Å². The summed E-state index contributed by atoms with van der Waals surface area (Å²) in [5.74, 6) is 1.81. The Balaban J connectivity index is 0.00000450. The van der Waals surface area contributed by atoms with Crippen LogP contribution in [0.1, 0.15) is 46.1 Å². The van der Waals surface area contributed by atoms with Gasteiger partial charge in [-0.2, -0.15) is 0 Å². The minimum Gasteiger partial charge on any atom is -0.492 e. The van der Waals surface area contributed by atoms with Crippen LogP contribution in [0, 0.1) is 0 Å². The molecule has 6 nitrogen and oxygen atoms in total. The molecule has 0 saturated carbocycles. The summed E-state index contributed by atoms with van der Waals surface area (Å²) < 4.78 is 5.87. The molecule has 0 amide bonds. The van der Waals surface area contributed by atoms with Gasteiger partial charge >= 0.3 is 0 Å². The summed E-state index contributed by atoms with van der Waals surface area (Å²) in [6.45, 7) is 15.8. The van der Waals surface area contributed by atoms with Crippen molar-refractivity contribution in [3.63, 3.8) is 0 Å². The lowest BCUT2D eigenvalue weighted by Gasteiger charge is -2.35. The Hall–Kier alpha value is -1.06. The third kappa shape index (κ3) is 9.39. The van der Waals surface area contributed by atoms with E-state index in [1.165, 1.54) is 18.4 Å². The first-order chi connectivity index (χ1) is 14.0. The van der Waals surface area contributed by atoms with Crippen LogP contribution in [0.15, 0.2) is 29.3 Å². The molecule has 1 aliphatic heterocycles. The van der Waals surface area contributed by atoms with Crippen molar-refractivity contribution in [1.82, 2.24) is 20.4 Å². The molecule has 1 aromatic rings. The molecule has 1 aromatic carbocycles. The highest BCUT2D eigenvalue weighted by Crippen LogP contribution is 2.14. The van der Waals surface area contributed by atoms with E-state index in [-0.39, 0.29) is 24.0 Å². The zero-order chi connectivity index (χ0) is 21.1. The lowest BCUT2D eigenvalue weighted by atomic mass is 10.0. The van der Waals surface area contributed by atoms with Crippen molar-refractivity contribution in [3.05, 3.63) is 29.8 Å². The highest BCUT2D eigenvalue weighted by molar-refractivity contribution is 14.0. The van der Waals surface area contributed by atoms with Crippen LogP contribution in [-0.4, -0.2) is 74.2 Å². The van der Waals surface area contributed by atoms with Gasteiger partial charge in [0.1, 0.15) is 12.4 Å². The maximum Gasteiger partial charge on any atom is 0.191 e. The molecule has 0 atom stereocenters. The van der Waals surface area contributed by atoms with Gasteiger partial charge in [-0.1, -0.05) is 26.0 Å². The van der Waals surface area contributed by atoms with Gasteiger partial charge in [-0.05, 0) is 57.5 Å². The fraction of sp³-hybridized carbons (Fsp3) is 0.696. The van der Waals surface area contributed by atoms with Crippen LogP contribution < -0.4 is 15.4 Å². The van der Waals surface area contributed by atoms with Crippen molar-refractivity contribution in [2.24, 2.45) is 4.99 Å². The number of aliphatic imine (C=N–C) groups is 1. The maximum atomic E-state index is 5.87. The second-order valence-corrected chi connectivity index (χ2v) is 7.99. The number of piperidine rings is 1. The third-order valence-electron chi connectivity index (χ3n) is 5.78. The van der Waals surface area contributed by atoms with E-state index in [1.54, 1.807) is 0 Å². The van der Waals surface area contributed by atoms with E-state index in [2.05, 4.69) is 77.4 Å². The first-order valence-corrected chi connectivity index (χ1v) is 11.2. The predicted molar refractivity (Wildman–Crippen MR) is 138 cm³/mol. The molecule has 0 bridgehead atoms. The van der Waals surface area contributed by atoms with Crippen molar-refractivity contribution in [2.75, 3.05) is 46.4 Å². The number of hydrogen-bond acceptors (Lipinski definition) is 4. The van der Waals surface area contributed by atoms with Gasteiger partial charge in [0.25, 0.3) is 0 Å². The van der Waals surface area contributed by atoms with E-state index < -0.39 is 0 Å². The second kappa shape index (κ2) is 14.9. The van der Waals surface area contributed by atoms with Gasteiger partial charge in [0.05, 0.1) is 0 Å². The quantitative estimate of drug-likeness (QED) is 0.275. The molecule has 30 heavy (non-hydrogen) atoms. The molecular formula is C23H42IN5O. The Kier molecular flexibility index (Phi) is 13.4. The first kappa shape index (κ1) is 27.0. The lowest BCUT2D eigenvalue weighted by Crippen LogP contribution is -2.49. The number of guanidine groups is 1. The molecule has 0 radical (unpaired) electrons. The Morgan fingerprint density at radius 2 is 1.80 bits per heavy atom. The van der Waals surface area contributed by atoms with E-state index in [0.29, 0.717) is 12.1 Å². The molecular weight excluding hydrogens is 489 g/mol. The Morgan fingerprint density at radius 3 is 2.33 bits per heavy atom. The SMILES string of the molecule is CCN(CC)CCOc1ccc(CNC(=NC)NC2CCN(C(C)C)CC2)cc1.I. The molecule has 1 aliphatic rings. The van der Waals surface area contributed by atoms with Gasteiger partial charge < -0.3 is 25.2 Å². The van der Waals surface area contributed by atoms with Crippen LogP contribution in [-0.2, 0) is 6.54 Å². The Bertz CT molecular complexity index is 596. The smallest absolute Gasteiger partial charge is 0.191 e. The van der Waals surface area contributed by atoms with E-state index >= 15 is 0 Å². The molecule has 172 valence electrons. The summed E-state index contributed by atoms with van der Waals surface area (Å²) in [4.78, 5) is 9.30. The number of ether oxygens (including phenoxy) is 1. The Labute approximate surface area is 200 Å². The topological polar surface area (TPSA) is 52.1 Å². The fourth-order valence-electron chi connectivity index (χ4n) is 3.67. The zero-order valence-electron chi connectivity index (χ0n) is 19.5. The van der Waals surface area contributed by atoms with Gasteiger partial charge in [0.15, 0.2) is 5.96 Å². The first-order valence-electron chi connectivity index (χ1n) is 11.2. The summed E-state index contributed by atoms with van der Waals surface area (Å²) in [6, 6.07) is 9.48. The molecule has 2 rings (SSSR count). The van der Waals surface area contributed by atoms with Crippen molar-refractivity contribution >= 4 is 29.9 Å². The summed E-state index contributed by atoms with van der Waals surface area (Å²) in [5.41, 5.74) is 1.22. The van der Waals surface area contributed by atoms with Crippen LogP contribution >= 0.6 is 24.0 Å². The molecule has 1 heterocycles. The summed E-state index contributed by atoms with van der Waals surface area (Å²) in [5, 5.41) is 7.02. The van der Waals surface area contributed by atoms with Crippen LogP contribution in [0.5, 0.6) is 5.75 Å². The van der Waals surface area contributed by atoms with Crippen LogP contribution in [0.4, 0.5) is 0 Å². The summed E-state index contributed by atoms with van der Waals surface area (Å²) in [7, 11) is 1.84. The van der Waals surface area contributed by atoms with Crippen molar-refractivity contribution in [3.8, 4) is 5.75 Å². The normalized spacial score (nSPS) is 15.9. The monoisotopic (exact) mass is 531 g/mol. The third-order valence-corrected chi connectivity index (χ3v) is 5.78. The number of nitrogens with zero attached hydrogens (tertiary/aromatic N) is 3. The molecule has 0 spiro atoms. The molecule has 0 aliphatic carbocycles. The minimum absolute atomic E-state index is 0. The molecule has 1 saturated heterocycles.